The maximum Gasteiger partial charge on any atom is 0.315 e. The maximum atomic E-state index is 11.7. The highest BCUT2D eigenvalue weighted by Gasteiger charge is 2.05. The summed E-state index contributed by atoms with van der Waals surface area (Å²) in [6, 6.07) is 9.18. The van der Waals surface area contributed by atoms with Gasteiger partial charge in [0.25, 0.3) is 0 Å². The zero-order chi connectivity index (χ0) is 14.9. The molecule has 0 bridgehead atoms. The van der Waals surface area contributed by atoms with Gasteiger partial charge in [-0.05, 0) is 28.5 Å². The van der Waals surface area contributed by atoms with Gasteiger partial charge in [0.15, 0.2) is 0 Å². The quantitative estimate of drug-likeness (QED) is 0.734. The fourth-order valence-corrected chi connectivity index (χ4v) is 2.43. The van der Waals surface area contributed by atoms with Gasteiger partial charge < -0.3 is 20.5 Å². The number of carbonyl (C=O) groups excluding carboxylic acids is 1. The Morgan fingerprint density at radius 3 is 2.76 bits per heavy atom. The molecule has 21 heavy (non-hydrogen) atoms. The van der Waals surface area contributed by atoms with Crippen LogP contribution in [0.4, 0.5) is 4.79 Å². The minimum Gasteiger partial charge on any atom is -0.491 e. The van der Waals surface area contributed by atoms with Crippen LogP contribution in [-0.4, -0.2) is 24.4 Å². The molecule has 1 heterocycles. The molecule has 1 aromatic heterocycles. The van der Waals surface area contributed by atoms with E-state index in [4.69, 9.17) is 9.84 Å². The topological polar surface area (TPSA) is 70.6 Å². The van der Waals surface area contributed by atoms with Gasteiger partial charge in [0.05, 0.1) is 6.61 Å². The molecule has 0 unspecified atom stereocenters. The van der Waals surface area contributed by atoms with Crippen molar-refractivity contribution in [3.8, 4) is 5.75 Å². The Morgan fingerprint density at radius 2 is 2.00 bits per heavy atom. The van der Waals surface area contributed by atoms with Gasteiger partial charge in [0.2, 0.25) is 0 Å². The van der Waals surface area contributed by atoms with Crippen LogP contribution in [0.3, 0.4) is 0 Å². The molecule has 0 fully saturated rings. The average Bonchev–Trinajstić information content (AvgIpc) is 3.03. The van der Waals surface area contributed by atoms with Crippen molar-refractivity contribution in [3.63, 3.8) is 0 Å². The third kappa shape index (κ3) is 5.09. The number of nitrogens with one attached hydrogen (secondary N) is 2. The molecule has 0 aliphatic heterocycles. The van der Waals surface area contributed by atoms with Gasteiger partial charge >= 0.3 is 6.03 Å². The summed E-state index contributed by atoms with van der Waals surface area (Å²) < 4.78 is 5.42. The predicted octanol–water partition coefficient (Wildman–Crippen LogP) is 2.12. The lowest BCUT2D eigenvalue weighted by molar-refractivity contribution is 0.200. The molecular weight excluding hydrogens is 288 g/mol. The van der Waals surface area contributed by atoms with Crippen LogP contribution in [0.15, 0.2) is 41.1 Å². The summed E-state index contributed by atoms with van der Waals surface area (Å²) in [5, 5.41) is 18.4. The van der Waals surface area contributed by atoms with E-state index in [0.29, 0.717) is 18.8 Å². The van der Waals surface area contributed by atoms with Crippen molar-refractivity contribution in [1.29, 1.82) is 0 Å². The zero-order valence-electron chi connectivity index (χ0n) is 11.5. The summed E-state index contributed by atoms with van der Waals surface area (Å²) in [5.41, 5.74) is 1.96. The van der Waals surface area contributed by atoms with Crippen molar-refractivity contribution in [3.05, 3.63) is 52.2 Å². The number of aliphatic hydroxyl groups is 1. The van der Waals surface area contributed by atoms with E-state index < -0.39 is 0 Å². The number of para-hydroxylation sites is 1. The summed E-state index contributed by atoms with van der Waals surface area (Å²) in [6.07, 6.45) is 0. The fraction of sp³-hybridized carbons (Fsp3) is 0.267. The van der Waals surface area contributed by atoms with Crippen molar-refractivity contribution in [2.24, 2.45) is 0 Å². The third-order valence-corrected chi connectivity index (χ3v) is 3.53. The SMILES string of the molecule is O=C(NCc1ccsc1)NCc1ccccc1OCCO. The van der Waals surface area contributed by atoms with Crippen molar-refractivity contribution >= 4 is 17.4 Å². The molecule has 0 spiro atoms. The van der Waals surface area contributed by atoms with E-state index >= 15 is 0 Å². The lowest BCUT2D eigenvalue weighted by Crippen LogP contribution is -2.34. The molecular formula is C15H18N2O3S. The maximum absolute atomic E-state index is 11.7. The van der Waals surface area contributed by atoms with Crippen LogP contribution in [-0.2, 0) is 13.1 Å². The van der Waals surface area contributed by atoms with Crippen molar-refractivity contribution in [1.82, 2.24) is 10.6 Å². The number of amides is 2. The first-order valence-corrected chi connectivity index (χ1v) is 7.58. The predicted molar refractivity (Wildman–Crippen MR) is 82.4 cm³/mol. The van der Waals surface area contributed by atoms with Gasteiger partial charge in [0.1, 0.15) is 12.4 Å². The Kier molecular flexibility index (Phi) is 6.05. The number of aliphatic hydroxyl groups excluding tert-OH is 1. The Morgan fingerprint density at radius 1 is 1.19 bits per heavy atom. The molecule has 0 atom stereocenters. The molecule has 0 aliphatic rings. The van der Waals surface area contributed by atoms with Crippen LogP contribution in [0.25, 0.3) is 0 Å². The normalized spacial score (nSPS) is 10.1. The number of rotatable bonds is 7. The summed E-state index contributed by atoms with van der Waals surface area (Å²) in [4.78, 5) is 11.7. The summed E-state index contributed by atoms with van der Waals surface area (Å²) >= 11 is 1.60. The van der Waals surface area contributed by atoms with Gasteiger partial charge in [-0.1, -0.05) is 18.2 Å². The van der Waals surface area contributed by atoms with Crippen LogP contribution >= 0.6 is 11.3 Å². The molecule has 2 amide bonds. The summed E-state index contributed by atoms with van der Waals surface area (Å²) in [5.74, 6) is 0.671. The van der Waals surface area contributed by atoms with Gasteiger partial charge in [-0.25, -0.2) is 4.79 Å². The highest BCUT2D eigenvalue weighted by atomic mass is 32.1. The van der Waals surface area contributed by atoms with Crippen LogP contribution in [0, 0.1) is 0 Å². The highest BCUT2D eigenvalue weighted by Crippen LogP contribution is 2.17. The van der Waals surface area contributed by atoms with E-state index in [-0.39, 0.29) is 19.2 Å². The standard InChI is InChI=1S/C15H18N2O3S/c18-6-7-20-14-4-2-1-3-13(14)10-17-15(19)16-9-12-5-8-21-11-12/h1-5,8,11,18H,6-7,9-10H2,(H2,16,17,19). The first kappa shape index (κ1) is 15.3. The first-order chi connectivity index (χ1) is 10.3. The van der Waals surface area contributed by atoms with E-state index in [1.807, 2.05) is 41.1 Å². The van der Waals surface area contributed by atoms with Gasteiger partial charge in [0, 0.05) is 18.7 Å². The Hall–Kier alpha value is -2.05. The average molecular weight is 306 g/mol. The highest BCUT2D eigenvalue weighted by molar-refractivity contribution is 7.07. The molecule has 2 rings (SSSR count). The molecule has 0 radical (unpaired) electrons. The number of hydrogen-bond acceptors (Lipinski definition) is 4. The minimum atomic E-state index is -0.224. The van der Waals surface area contributed by atoms with E-state index in [1.165, 1.54) is 0 Å². The van der Waals surface area contributed by atoms with Crippen LogP contribution in [0.5, 0.6) is 5.75 Å². The second kappa shape index (κ2) is 8.28. The van der Waals surface area contributed by atoms with Crippen molar-refractivity contribution < 1.29 is 14.6 Å². The summed E-state index contributed by atoms with van der Waals surface area (Å²) in [6.45, 7) is 1.08. The molecule has 0 saturated carbocycles. The summed E-state index contributed by atoms with van der Waals surface area (Å²) in [7, 11) is 0. The van der Waals surface area contributed by atoms with Gasteiger partial charge in [-0.2, -0.15) is 11.3 Å². The molecule has 5 nitrogen and oxygen atoms in total. The third-order valence-electron chi connectivity index (χ3n) is 2.79. The van der Waals surface area contributed by atoms with Crippen molar-refractivity contribution in [2.45, 2.75) is 13.1 Å². The molecule has 3 N–H and O–H groups in total. The molecule has 6 heteroatoms. The number of hydrogen-bond donors (Lipinski definition) is 3. The number of urea groups is 1. The second-order valence-corrected chi connectivity index (χ2v) is 5.13. The zero-order valence-corrected chi connectivity index (χ0v) is 12.4. The number of carbonyl (C=O) groups is 1. The van der Waals surface area contributed by atoms with E-state index in [9.17, 15) is 4.79 Å². The molecule has 1 aromatic carbocycles. The minimum absolute atomic E-state index is 0.0388. The first-order valence-electron chi connectivity index (χ1n) is 6.64. The lowest BCUT2D eigenvalue weighted by atomic mass is 10.2. The number of benzene rings is 1. The largest absolute Gasteiger partial charge is 0.491 e. The second-order valence-electron chi connectivity index (χ2n) is 4.35. The smallest absolute Gasteiger partial charge is 0.315 e. The Labute approximate surface area is 127 Å². The van der Waals surface area contributed by atoms with Crippen LogP contribution in [0.1, 0.15) is 11.1 Å². The Balaban J connectivity index is 1.80. The lowest BCUT2D eigenvalue weighted by Gasteiger charge is -2.12. The van der Waals surface area contributed by atoms with Crippen LogP contribution < -0.4 is 15.4 Å². The van der Waals surface area contributed by atoms with Crippen LogP contribution in [0.2, 0.25) is 0 Å². The molecule has 0 saturated heterocycles. The van der Waals surface area contributed by atoms with Gasteiger partial charge in [-0.3, -0.25) is 0 Å². The Bertz CT molecular complexity index is 558. The van der Waals surface area contributed by atoms with E-state index in [2.05, 4.69) is 10.6 Å². The molecule has 2 aromatic rings. The number of ether oxygens (including phenoxy) is 1. The van der Waals surface area contributed by atoms with Crippen molar-refractivity contribution in [2.75, 3.05) is 13.2 Å². The van der Waals surface area contributed by atoms with E-state index in [1.54, 1.807) is 11.3 Å². The van der Waals surface area contributed by atoms with Gasteiger partial charge in [-0.15, -0.1) is 0 Å². The fourth-order valence-electron chi connectivity index (χ4n) is 1.76. The molecule has 112 valence electrons. The van der Waals surface area contributed by atoms with E-state index in [0.717, 1.165) is 11.1 Å². The molecule has 0 aliphatic carbocycles. The number of thiophene rings is 1. The monoisotopic (exact) mass is 306 g/mol.